The SMILES string of the molecule is c1ccc(-c2ccc3c(c2)oc2cc(-c4nc(-c5ccccc5)nc(-n5c6ccccc6c6cc7c(cc65)C5(CCCCC5)c5ccccc5-7)n4)ccc23)cc1. The molecule has 1 fully saturated rings. The standard InChI is InChI=1S/C51H36N4O/c1-4-14-32(15-5-1)34-22-24-38-39-25-23-35(29-47(39)56-46(38)28-34)49-52-48(33-16-6-2-7-17-33)53-50(54-49)55-44-21-11-9-19-37(44)41-30-40-36-18-8-10-20-42(36)51(26-12-3-13-27-51)43(40)31-45(41)55/h1-2,4-11,14-25,28-31H,3,12-13,26-27H2. The van der Waals surface area contributed by atoms with Gasteiger partial charge in [0.2, 0.25) is 5.95 Å². The van der Waals surface area contributed by atoms with Crippen LogP contribution in [-0.2, 0) is 5.41 Å². The van der Waals surface area contributed by atoms with Gasteiger partial charge in [-0.05, 0) is 88.7 Å². The van der Waals surface area contributed by atoms with Crippen LogP contribution in [0.4, 0.5) is 0 Å². The Morgan fingerprint density at radius 3 is 1.86 bits per heavy atom. The Morgan fingerprint density at radius 2 is 1.07 bits per heavy atom. The highest BCUT2D eigenvalue weighted by atomic mass is 16.3. The van der Waals surface area contributed by atoms with Gasteiger partial charge in [-0.3, -0.25) is 4.57 Å². The third-order valence-corrected chi connectivity index (χ3v) is 12.5. The predicted octanol–water partition coefficient (Wildman–Crippen LogP) is 13.1. The maximum absolute atomic E-state index is 6.56. The van der Waals surface area contributed by atoms with Crippen LogP contribution >= 0.6 is 0 Å². The van der Waals surface area contributed by atoms with E-state index in [1.807, 2.05) is 24.3 Å². The first-order chi connectivity index (χ1) is 27.7. The van der Waals surface area contributed by atoms with Crippen molar-refractivity contribution < 1.29 is 4.42 Å². The summed E-state index contributed by atoms with van der Waals surface area (Å²) in [5, 5.41) is 4.55. The van der Waals surface area contributed by atoms with E-state index >= 15 is 0 Å². The largest absolute Gasteiger partial charge is 0.456 e. The fourth-order valence-electron chi connectivity index (χ4n) is 9.86. The topological polar surface area (TPSA) is 56.7 Å². The molecule has 2 aliphatic rings. The summed E-state index contributed by atoms with van der Waals surface area (Å²) in [6.45, 7) is 0. The molecule has 56 heavy (non-hydrogen) atoms. The molecule has 1 saturated carbocycles. The Kier molecular flexibility index (Phi) is 6.79. The van der Waals surface area contributed by atoms with Crippen molar-refractivity contribution in [2.24, 2.45) is 0 Å². The number of hydrogen-bond donors (Lipinski definition) is 0. The molecular formula is C51H36N4O. The van der Waals surface area contributed by atoms with Crippen molar-refractivity contribution in [2.75, 3.05) is 0 Å². The lowest BCUT2D eigenvalue weighted by atomic mass is 9.68. The zero-order valence-corrected chi connectivity index (χ0v) is 30.7. The molecular weight excluding hydrogens is 685 g/mol. The molecule has 0 N–H and O–H groups in total. The Labute approximate surface area is 323 Å². The highest BCUT2D eigenvalue weighted by Crippen LogP contribution is 2.57. The predicted molar refractivity (Wildman–Crippen MR) is 227 cm³/mol. The van der Waals surface area contributed by atoms with Gasteiger partial charge in [-0.1, -0.05) is 135 Å². The summed E-state index contributed by atoms with van der Waals surface area (Å²) in [6.07, 6.45) is 6.14. The molecule has 7 aromatic carbocycles. The molecule has 5 nitrogen and oxygen atoms in total. The lowest BCUT2D eigenvalue weighted by Gasteiger charge is -2.36. The zero-order chi connectivity index (χ0) is 36.8. The molecule has 3 aromatic heterocycles. The van der Waals surface area contributed by atoms with Crippen LogP contribution in [0.15, 0.2) is 162 Å². The first-order valence-electron chi connectivity index (χ1n) is 19.7. The number of nitrogens with zero attached hydrogens (tertiary/aromatic N) is 4. The summed E-state index contributed by atoms with van der Waals surface area (Å²) < 4.78 is 8.83. The second-order valence-corrected chi connectivity index (χ2v) is 15.5. The average molecular weight is 721 g/mol. The van der Waals surface area contributed by atoms with Gasteiger partial charge in [0.25, 0.3) is 0 Å². The van der Waals surface area contributed by atoms with Gasteiger partial charge in [0.1, 0.15) is 11.2 Å². The van der Waals surface area contributed by atoms with Crippen molar-refractivity contribution in [3.63, 3.8) is 0 Å². The smallest absolute Gasteiger partial charge is 0.238 e. The van der Waals surface area contributed by atoms with Gasteiger partial charge in [0.15, 0.2) is 11.6 Å². The van der Waals surface area contributed by atoms with E-state index in [0.717, 1.165) is 55.2 Å². The summed E-state index contributed by atoms with van der Waals surface area (Å²) in [6, 6.07) is 56.2. The van der Waals surface area contributed by atoms with Crippen LogP contribution < -0.4 is 0 Å². The average Bonchev–Trinajstić information content (AvgIpc) is 3.89. The van der Waals surface area contributed by atoms with Crippen LogP contribution in [0.1, 0.15) is 43.2 Å². The molecule has 2 aliphatic carbocycles. The third kappa shape index (κ3) is 4.64. The van der Waals surface area contributed by atoms with Gasteiger partial charge < -0.3 is 4.42 Å². The van der Waals surface area contributed by atoms with Crippen LogP contribution in [0.2, 0.25) is 0 Å². The van der Waals surface area contributed by atoms with Crippen LogP contribution in [-0.4, -0.2) is 19.5 Å². The van der Waals surface area contributed by atoms with Gasteiger partial charge in [0.05, 0.1) is 11.0 Å². The molecule has 0 unspecified atom stereocenters. The molecule has 0 radical (unpaired) electrons. The number of benzene rings is 7. The Morgan fingerprint density at radius 1 is 0.429 bits per heavy atom. The fraction of sp³-hybridized carbons (Fsp3) is 0.118. The normalized spacial score (nSPS) is 14.6. The van der Waals surface area contributed by atoms with E-state index in [4.69, 9.17) is 19.4 Å². The molecule has 0 bridgehead atoms. The number of furan rings is 1. The fourth-order valence-corrected chi connectivity index (χ4v) is 9.86. The molecule has 0 atom stereocenters. The molecule has 3 heterocycles. The van der Waals surface area contributed by atoms with Crippen molar-refractivity contribution in [1.82, 2.24) is 19.5 Å². The van der Waals surface area contributed by atoms with Crippen molar-refractivity contribution >= 4 is 43.7 Å². The molecule has 0 aliphatic heterocycles. The second-order valence-electron chi connectivity index (χ2n) is 15.5. The molecule has 266 valence electrons. The lowest BCUT2D eigenvalue weighted by Crippen LogP contribution is -2.28. The van der Waals surface area contributed by atoms with Gasteiger partial charge in [-0.25, -0.2) is 4.98 Å². The molecule has 0 amide bonds. The van der Waals surface area contributed by atoms with E-state index in [-0.39, 0.29) is 5.41 Å². The highest BCUT2D eigenvalue weighted by Gasteiger charge is 2.44. The van der Waals surface area contributed by atoms with Crippen LogP contribution in [0.5, 0.6) is 0 Å². The summed E-state index contributed by atoms with van der Waals surface area (Å²) in [5.41, 5.74) is 13.7. The maximum Gasteiger partial charge on any atom is 0.238 e. The Bertz CT molecular complexity index is 3170. The number of fused-ring (bicyclic) bond motifs is 11. The van der Waals surface area contributed by atoms with Gasteiger partial charge in [-0.2, -0.15) is 9.97 Å². The number of para-hydroxylation sites is 1. The molecule has 5 heteroatoms. The summed E-state index contributed by atoms with van der Waals surface area (Å²) in [5.74, 6) is 1.83. The van der Waals surface area contributed by atoms with Crippen LogP contribution in [0, 0.1) is 0 Å². The second kappa shape index (κ2) is 12.1. The maximum atomic E-state index is 6.56. The van der Waals surface area contributed by atoms with Crippen molar-refractivity contribution in [3.05, 3.63) is 169 Å². The van der Waals surface area contributed by atoms with Gasteiger partial charge in [-0.15, -0.1) is 0 Å². The monoisotopic (exact) mass is 720 g/mol. The molecule has 1 spiro atoms. The summed E-state index contributed by atoms with van der Waals surface area (Å²) in [7, 11) is 0. The van der Waals surface area contributed by atoms with Gasteiger partial charge in [0, 0.05) is 38.1 Å². The molecule has 12 rings (SSSR count). The van der Waals surface area contributed by atoms with E-state index in [0.29, 0.717) is 17.6 Å². The lowest BCUT2D eigenvalue weighted by molar-refractivity contribution is 0.353. The Hall–Kier alpha value is -6.85. The summed E-state index contributed by atoms with van der Waals surface area (Å²) >= 11 is 0. The minimum Gasteiger partial charge on any atom is -0.456 e. The van der Waals surface area contributed by atoms with Crippen molar-refractivity contribution in [3.8, 4) is 51.0 Å². The number of hydrogen-bond acceptors (Lipinski definition) is 4. The number of aromatic nitrogens is 4. The van der Waals surface area contributed by atoms with E-state index in [9.17, 15) is 0 Å². The van der Waals surface area contributed by atoms with Crippen molar-refractivity contribution in [1.29, 1.82) is 0 Å². The third-order valence-electron chi connectivity index (χ3n) is 12.5. The minimum atomic E-state index is 0.0307. The molecule has 0 saturated heterocycles. The Balaban J connectivity index is 1.08. The van der Waals surface area contributed by atoms with Gasteiger partial charge >= 0.3 is 0 Å². The number of rotatable bonds is 4. The highest BCUT2D eigenvalue weighted by molar-refractivity contribution is 6.11. The zero-order valence-electron chi connectivity index (χ0n) is 30.7. The molecule has 10 aromatic rings. The van der Waals surface area contributed by atoms with Crippen LogP contribution in [0.3, 0.4) is 0 Å². The van der Waals surface area contributed by atoms with Crippen molar-refractivity contribution in [2.45, 2.75) is 37.5 Å². The first kappa shape index (κ1) is 31.5. The minimum absolute atomic E-state index is 0.0307. The van der Waals surface area contributed by atoms with E-state index < -0.39 is 0 Å². The summed E-state index contributed by atoms with van der Waals surface area (Å²) in [4.78, 5) is 15.7. The van der Waals surface area contributed by atoms with Crippen LogP contribution in [0.25, 0.3) is 94.7 Å². The quantitative estimate of drug-likeness (QED) is 0.182. The first-order valence-corrected chi connectivity index (χ1v) is 19.7. The van der Waals surface area contributed by atoms with E-state index in [2.05, 4.69) is 138 Å². The van der Waals surface area contributed by atoms with E-state index in [1.54, 1.807) is 0 Å². The van der Waals surface area contributed by atoms with E-state index in [1.165, 1.54) is 65.1 Å².